The minimum Gasteiger partial charge on any atom is -0.507 e. The number of aliphatic hydroxyl groups is 1. The maximum Gasteiger partial charge on any atom is 0.301 e. The van der Waals surface area contributed by atoms with Crippen molar-refractivity contribution in [3.63, 3.8) is 0 Å². The van der Waals surface area contributed by atoms with Crippen LogP contribution < -0.4 is 14.4 Å². The lowest BCUT2D eigenvalue weighted by molar-refractivity contribution is -0.132. The van der Waals surface area contributed by atoms with E-state index in [-0.39, 0.29) is 16.5 Å². The number of amides is 1. The van der Waals surface area contributed by atoms with Crippen LogP contribution in [0, 0.1) is 13.8 Å². The van der Waals surface area contributed by atoms with Gasteiger partial charge in [0, 0.05) is 5.56 Å². The Labute approximate surface area is 223 Å². The van der Waals surface area contributed by atoms with Gasteiger partial charge in [-0.05, 0) is 61.4 Å². The summed E-state index contributed by atoms with van der Waals surface area (Å²) in [6.45, 7) is 4.19. The number of hydrogen-bond donors (Lipinski definition) is 1. The zero-order valence-corrected chi connectivity index (χ0v) is 21.9. The van der Waals surface area contributed by atoms with E-state index in [9.17, 15) is 14.7 Å². The van der Waals surface area contributed by atoms with Crippen LogP contribution in [0.25, 0.3) is 5.76 Å². The van der Waals surface area contributed by atoms with Crippen molar-refractivity contribution in [1.29, 1.82) is 0 Å². The number of methoxy groups -OCH3 is 1. The van der Waals surface area contributed by atoms with Gasteiger partial charge in [0.05, 0.1) is 18.7 Å². The molecule has 1 unspecified atom stereocenters. The molecule has 3 aromatic carbocycles. The number of rotatable bonds is 7. The Kier molecular flexibility index (Phi) is 6.93. The second-order valence-electron chi connectivity index (χ2n) is 8.85. The molecular formula is C29H25N3O5S. The number of aliphatic hydroxyl groups excluding tert-OH is 1. The highest BCUT2D eigenvalue weighted by Crippen LogP contribution is 2.43. The van der Waals surface area contributed by atoms with Gasteiger partial charge in [-0.25, -0.2) is 0 Å². The summed E-state index contributed by atoms with van der Waals surface area (Å²) in [6.07, 6.45) is 0. The van der Waals surface area contributed by atoms with Crippen LogP contribution in [0.3, 0.4) is 0 Å². The van der Waals surface area contributed by atoms with Crippen molar-refractivity contribution in [2.45, 2.75) is 26.5 Å². The number of ether oxygens (including phenoxy) is 2. The first-order valence-corrected chi connectivity index (χ1v) is 12.7. The SMILES string of the molecule is COc1cccc(C2/C(=C(\O)c3ccc(OCc4cccc(C)c4)cc3)C(=O)C(=O)N2c2nnc(C)s2)c1. The first-order valence-electron chi connectivity index (χ1n) is 11.9. The summed E-state index contributed by atoms with van der Waals surface area (Å²) in [5.74, 6) is -0.712. The average Bonchev–Trinajstić information content (AvgIpc) is 3.47. The summed E-state index contributed by atoms with van der Waals surface area (Å²) in [7, 11) is 1.53. The van der Waals surface area contributed by atoms with Crippen molar-refractivity contribution >= 4 is 33.9 Å². The zero-order valence-electron chi connectivity index (χ0n) is 21.0. The molecule has 1 amide bonds. The smallest absolute Gasteiger partial charge is 0.301 e. The van der Waals surface area contributed by atoms with E-state index in [1.807, 2.05) is 25.1 Å². The van der Waals surface area contributed by atoms with Crippen LogP contribution in [-0.2, 0) is 16.2 Å². The van der Waals surface area contributed by atoms with Gasteiger partial charge in [0.15, 0.2) is 0 Å². The Morgan fingerprint density at radius 3 is 2.42 bits per heavy atom. The summed E-state index contributed by atoms with van der Waals surface area (Å²) in [5, 5.41) is 20.4. The molecule has 2 heterocycles. The van der Waals surface area contributed by atoms with E-state index in [0.29, 0.717) is 34.2 Å². The molecule has 9 heteroatoms. The van der Waals surface area contributed by atoms with Crippen molar-refractivity contribution in [2.75, 3.05) is 12.0 Å². The molecular weight excluding hydrogens is 502 g/mol. The molecule has 0 radical (unpaired) electrons. The molecule has 1 aliphatic heterocycles. The Hall–Kier alpha value is -4.50. The second-order valence-corrected chi connectivity index (χ2v) is 10.0. The van der Waals surface area contributed by atoms with E-state index in [1.165, 1.54) is 23.3 Å². The molecule has 192 valence electrons. The number of benzene rings is 3. The molecule has 5 rings (SSSR count). The number of ketones is 1. The summed E-state index contributed by atoms with van der Waals surface area (Å²) >= 11 is 1.19. The van der Waals surface area contributed by atoms with E-state index in [4.69, 9.17) is 9.47 Å². The first kappa shape index (κ1) is 25.2. The number of carbonyl (C=O) groups excluding carboxylic acids is 2. The van der Waals surface area contributed by atoms with E-state index < -0.39 is 17.7 Å². The number of anilines is 1. The predicted molar refractivity (Wildman–Crippen MR) is 144 cm³/mol. The van der Waals surface area contributed by atoms with Crippen LogP contribution in [0.15, 0.2) is 78.4 Å². The molecule has 0 aliphatic carbocycles. The van der Waals surface area contributed by atoms with Gasteiger partial charge in [-0.3, -0.25) is 14.5 Å². The third-order valence-corrected chi connectivity index (χ3v) is 7.03. The third-order valence-electron chi connectivity index (χ3n) is 6.19. The van der Waals surface area contributed by atoms with Gasteiger partial charge in [-0.2, -0.15) is 0 Å². The zero-order chi connectivity index (χ0) is 26.8. The van der Waals surface area contributed by atoms with E-state index in [2.05, 4.69) is 16.3 Å². The topological polar surface area (TPSA) is 102 Å². The Balaban J connectivity index is 1.51. The van der Waals surface area contributed by atoms with Gasteiger partial charge in [-0.1, -0.05) is 53.3 Å². The van der Waals surface area contributed by atoms with Crippen molar-refractivity contribution in [3.05, 3.63) is 106 Å². The molecule has 0 bridgehead atoms. The van der Waals surface area contributed by atoms with E-state index in [0.717, 1.165) is 11.1 Å². The summed E-state index contributed by atoms with van der Waals surface area (Å²) < 4.78 is 11.2. The summed E-state index contributed by atoms with van der Waals surface area (Å²) in [6, 6.07) is 20.9. The molecule has 1 fully saturated rings. The average molecular weight is 528 g/mol. The summed E-state index contributed by atoms with van der Waals surface area (Å²) in [5.41, 5.74) is 3.13. The predicted octanol–water partition coefficient (Wildman–Crippen LogP) is 5.37. The van der Waals surface area contributed by atoms with Crippen molar-refractivity contribution in [2.24, 2.45) is 0 Å². The largest absolute Gasteiger partial charge is 0.507 e. The molecule has 1 aromatic heterocycles. The monoisotopic (exact) mass is 527 g/mol. The Morgan fingerprint density at radius 1 is 0.974 bits per heavy atom. The Bertz CT molecular complexity index is 1540. The van der Waals surface area contributed by atoms with Crippen LogP contribution in [0.5, 0.6) is 11.5 Å². The van der Waals surface area contributed by atoms with Gasteiger partial charge >= 0.3 is 5.91 Å². The maximum absolute atomic E-state index is 13.3. The van der Waals surface area contributed by atoms with E-state index in [1.54, 1.807) is 55.5 Å². The van der Waals surface area contributed by atoms with Gasteiger partial charge in [-0.15, -0.1) is 10.2 Å². The molecule has 1 atom stereocenters. The highest BCUT2D eigenvalue weighted by atomic mass is 32.1. The fourth-order valence-corrected chi connectivity index (χ4v) is 5.09. The quantitative estimate of drug-likeness (QED) is 0.196. The lowest BCUT2D eigenvalue weighted by Gasteiger charge is -2.23. The molecule has 4 aromatic rings. The third kappa shape index (κ3) is 4.88. The second kappa shape index (κ2) is 10.5. The number of nitrogens with zero attached hydrogens (tertiary/aromatic N) is 3. The highest BCUT2D eigenvalue weighted by molar-refractivity contribution is 7.15. The fraction of sp³-hybridized carbons (Fsp3) is 0.172. The van der Waals surface area contributed by atoms with Crippen LogP contribution >= 0.6 is 11.3 Å². The van der Waals surface area contributed by atoms with Gasteiger partial charge in [0.1, 0.15) is 28.9 Å². The minimum atomic E-state index is -0.908. The van der Waals surface area contributed by atoms with Gasteiger partial charge in [0.25, 0.3) is 5.78 Å². The summed E-state index contributed by atoms with van der Waals surface area (Å²) in [4.78, 5) is 27.8. The first-order chi connectivity index (χ1) is 18.4. The van der Waals surface area contributed by atoms with Crippen LogP contribution in [-0.4, -0.2) is 34.1 Å². The van der Waals surface area contributed by atoms with Crippen molar-refractivity contribution in [1.82, 2.24) is 10.2 Å². The number of carbonyl (C=O) groups is 2. The lowest BCUT2D eigenvalue weighted by Crippen LogP contribution is -2.29. The van der Waals surface area contributed by atoms with Crippen molar-refractivity contribution in [3.8, 4) is 11.5 Å². The normalized spacial score (nSPS) is 16.6. The highest BCUT2D eigenvalue weighted by Gasteiger charge is 2.48. The Morgan fingerprint density at radius 2 is 1.74 bits per heavy atom. The molecule has 8 nitrogen and oxygen atoms in total. The molecule has 0 saturated carbocycles. The van der Waals surface area contributed by atoms with Crippen molar-refractivity contribution < 1.29 is 24.2 Å². The molecule has 1 N–H and O–H groups in total. The fourth-order valence-electron chi connectivity index (χ4n) is 4.37. The number of Topliss-reactive ketones (excluding diaryl/α,β-unsaturated/α-hetero) is 1. The number of aryl methyl sites for hydroxylation is 2. The van der Waals surface area contributed by atoms with Crippen LogP contribution in [0.2, 0.25) is 0 Å². The van der Waals surface area contributed by atoms with Gasteiger partial charge < -0.3 is 14.6 Å². The van der Waals surface area contributed by atoms with Crippen LogP contribution in [0.4, 0.5) is 5.13 Å². The maximum atomic E-state index is 13.3. The minimum absolute atomic E-state index is 0.0375. The molecule has 1 aliphatic rings. The lowest BCUT2D eigenvalue weighted by atomic mass is 9.95. The van der Waals surface area contributed by atoms with Gasteiger partial charge in [0.2, 0.25) is 5.13 Å². The molecule has 38 heavy (non-hydrogen) atoms. The number of hydrogen-bond acceptors (Lipinski definition) is 8. The standard InChI is InChI=1S/C29H25N3O5S/c1-17-6-4-7-19(14-17)16-37-22-12-10-20(11-13-22)26(33)24-25(21-8-5-9-23(15-21)36-3)32(28(35)27(24)34)29-31-30-18(2)38-29/h4-15,25,33H,16H2,1-3H3/b26-24+. The van der Waals surface area contributed by atoms with E-state index >= 15 is 0 Å². The number of aromatic nitrogens is 2. The van der Waals surface area contributed by atoms with Crippen LogP contribution in [0.1, 0.15) is 33.3 Å². The molecule has 0 spiro atoms. The molecule has 1 saturated heterocycles.